The standard InChI is InChI=1S/C21H29F2NO5S/c1-3-4-5-7-16(25)10-9-15-14-21(22,23)19(26)24(15)13-6-8-17-11-12-18(30-17)29-20(27)28-2/h9-12,15-16,25H,3-8,13-14H2,1-2H3/b10-9+/t15-,16+/m0/s1. The summed E-state index contributed by atoms with van der Waals surface area (Å²) >= 11 is 1.26. The van der Waals surface area contributed by atoms with E-state index in [0.717, 1.165) is 24.1 Å². The number of rotatable bonds is 11. The van der Waals surface area contributed by atoms with Crippen molar-refractivity contribution in [3.63, 3.8) is 0 Å². The molecule has 0 radical (unpaired) electrons. The number of halogens is 2. The van der Waals surface area contributed by atoms with E-state index in [1.54, 1.807) is 12.1 Å². The molecule has 2 rings (SSSR count). The number of ether oxygens (including phenoxy) is 2. The zero-order valence-electron chi connectivity index (χ0n) is 17.3. The molecule has 1 fully saturated rings. The maximum Gasteiger partial charge on any atom is 0.514 e. The molecule has 6 nitrogen and oxygen atoms in total. The SMILES string of the molecule is CCCCC[C@@H](O)/C=C/[C@H]1CC(F)(F)C(=O)N1CCCc1ccc(OC(=O)OC)s1. The predicted molar refractivity (Wildman–Crippen MR) is 110 cm³/mol. The van der Waals surface area contributed by atoms with Crippen molar-refractivity contribution >= 4 is 23.4 Å². The molecule has 168 valence electrons. The first kappa shape index (κ1) is 24.3. The first-order valence-corrected chi connectivity index (χ1v) is 11.0. The summed E-state index contributed by atoms with van der Waals surface area (Å²) in [5.74, 6) is -4.55. The Morgan fingerprint density at radius 1 is 1.40 bits per heavy atom. The number of aryl methyl sites for hydroxylation is 1. The lowest BCUT2D eigenvalue weighted by Crippen LogP contribution is -2.36. The second-order valence-corrected chi connectivity index (χ2v) is 8.43. The fourth-order valence-corrected chi connectivity index (χ4v) is 4.20. The molecule has 9 heteroatoms. The first-order valence-electron chi connectivity index (χ1n) is 10.2. The summed E-state index contributed by atoms with van der Waals surface area (Å²) in [5, 5.41) is 10.4. The number of nitrogens with zero attached hydrogens (tertiary/aromatic N) is 1. The van der Waals surface area contributed by atoms with Crippen molar-refractivity contribution in [3.8, 4) is 5.06 Å². The van der Waals surface area contributed by atoms with Crippen molar-refractivity contribution in [2.24, 2.45) is 0 Å². The van der Waals surface area contributed by atoms with Crippen LogP contribution in [0.15, 0.2) is 24.3 Å². The van der Waals surface area contributed by atoms with E-state index in [2.05, 4.69) is 11.7 Å². The van der Waals surface area contributed by atoms with Crippen molar-refractivity contribution in [2.45, 2.75) is 69.9 Å². The molecule has 0 spiro atoms. The molecular formula is C21H29F2NO5S. The minimum atomic E-state index is -3.38. The highest BCUT2D eigenvalue weighted by Crippen LogP contribution is 2.34. The number of likely N-dealkylation sites (tertiary alicyclic amines) is 1. The van der Waals surface area contributed by atoms with Crippen LogP contribution in [0.2, 0.25) is 0 Å². The van der Waals surface area contributed by atoms with E-state index in [1.165, 1.54) is 35.5 Å². The van der Waals surface area contributed by atoms with Gasteiger partial charge in [0.1, 0.15) is 0 Å². The highest BCUT2D eigenvalue weighted by Gasteiger charge is 2.52. The number of thiophene rings is 1. The number of aliphatic hydroxyl groups is 1. The van der Waals surface area contributed by atoms with Crippen LogP contribution in [0.3, 0.4) is 0 Å². The molecule has 0 unspecified atom stereocenters. The topological polar surface area (TPSA) is 76.1 Å². The largest absolute Gasteiger partial charge is 0.514 e. The fourth-order valence-electron chi connectivity index (χ4n) is 3.31. The summed E-state index contributed by atoms with van der Waals surface area (Å²) in [6.07, 6.45) is 5.52. The Morgan fingerprint density at radius 2 is 2.17 bits per heavy atom. The van der Waals surface area contributed by atoms with Gasteiger partial charge in [-0.2, -0.15) is 8.78 Å². The Balaban J connectivity index is 1.89. The minimum absolute atomic E-state index is 0.181. The minimum Gasteiger partial charge on any atom is -0.437 e. The number of carbonyl (C=O) groups is 2. The fraction of sp³-hybridized carbons (Fsp3) is 0.619. The molecule has 0 aliphatic carbocycles. The maximum absolute atomic E-state index is 14.0. The number of alkyl halides is 2. The van der Waals surface area contributed by atoms with Gasteiger partial charge in [-0.15, -0.1) is 11.3 Å². The van der Waals surface area contributed by atoms with Crippen LogP contribution in [0.5, 0.6) is 5.06 Å². The van der Waals surface area contributed by atoms with Crippen LogP contribution in [-0.2, 0) is 16.0 Å². The van der Waals surface area contributed by atoms with Gasteiger partial charge in [0.25, 0.3) is 5.91 Å². The first-order chi connectivity index (χ1) is 14.3. The van der Waals surface area contributed by atoms with Gasteiger partial charge in [-0.25, -0.2) is 4.79 Å². The Bertz CT molecular complexity index is 737. The Kier molecular flexibility index (Phi) is 9.23. The van der Waals surface area contributed by atoms with Crippen molar-refractivity contribution < 1.29 is 33.0 Å². The Hall–Kier alpha value is -2.00. The van der Waals surface area contributed by atoms with Crippen LogP contribution >= 0.6 is 11.3 Å². The van der Waals surface area contributed by atoms with E-state index in [9.17, 15) is 23.5 Å². The van der Waals surface area contributed by atoms with Gasteiger partial charge in [0.05, 0.1) is 19.3 Å². The zero-order valence-corrected chi connectivity index (χ0v) is 18.1. The van der Waals surface area contributed by atoms with E-state index < -0.39 is 36.6 Å². The quantitative estimate of drug-likeness (QED) is 0.307. The average Bonchev–Trinajstić information content (AvgIpc) is 3.23. The van der Waals surface area contributed by atoms with Gasteiger partial charge < -0.3 is 19.5 Å². The van der Waals surface area contributed by atoms with Crippen LogP contribution in [0.25, 0.3) is 0 Å². The monoisotopic (exact) mass is 445 g/mol. The smallest absolute Gasteiger partial charge is 0.437 e. The van der Waals surface area contributed by atoms with E-state index in [4.69, 9.17) is 4.74 Å². The second kappa shape index (κ2) is 11.4. The van der Waals surface area contributed by atoms with Gasteiger partial charge in [-0.1, -0.05) is 38.3 Å². The number of carbonyl (C=O) groups excluding carboxylic acids is 2. The third-order valence-electron chi connectivity index (χ3n) is 4.91. The molecule has 2 heterocycles. The summed E-state index contributed by atoms with van der Waals surface area (Å²) in [5.41, 5.74) is 0. The average molecular weight is 446 g/mol. The van der Waals surface area contributed by atoms with Gasteiger partial charge in [0, 0.05) is 17.8 Å². The number of unbranched alkanes of at least 4 members (excludes halogenated alkanes) is 2. The van der Waals surface area contributed by atoms with Crippen LogP contribution in [-0.4, -0.2) is 53.8 Å². The highest BCUT2D eigenvalue weighted by molar-refractivity contribution is 7.13. The van der Waals surface area contributed by atoms with Crippen LogP contribution in [0.4, 0.5) is 13.6 Å². The molecule has 1 saturated heterocycles. The molecule has 0 saturated carbocycles. The second-order valence-electron chi connectivity index (χ2n) is 7.30. The Labute approximate surface area is 179 Å². The number of hydrogen-bond donors (Lipinski definition) is 1. The van der Waals surface area contributed by atoms with E-state index >= 15 is 0 Å². The predicted octanol–water partition coefficient (Wildman–Crippen LogP) is 4.56. The summed E-state index contributed by atoms with van der Waals surface area (Å²) in [6, 6.07) is 2.69. The van der Waals surface area contributed by atoms with Crippen molar-refractivity contribution in [3.05, 3.63) is 29.2 Å². The number of aliphatic hydroxyl groups excluding tert-OH is 1. The molecule has 1 aromatic rings. The molecule has 1 aliphatic rings. The van der Waals surface area contributed by atoms with Crippen molar-refractivity contribution in [1.82, 2.24) is 4.90 Å². The normalized spacial score (nSPS) is 19.4. The van der Waals surface area contributed by atoms with E-state index in [0.29, 0.717) is 24.3 Å². The zero-order chi connectivity index (χ0) is 22.1. The Morgan fingerprint density at radius 3 is 2.87 bits per heavy atom. The van der Waals surface area contributed by atoms with Crippen LogP contribution < -0.4 is 4.74 Å². The molecule has 0 aromatic carbocycles. The molecule has 1 aromatic heterocycles. The number of hydrogen-bond acceptors (Lipinski definition) is 6. The maximum atomic E-state index is 14.0. The highest BCUT2D eigenvalue weighted by atomic mass is 32.1. The molecular weight excluding hydrogens is 416 g/mol. The van der Waals surface area contributed by atoms with Gasteiger partial charge in [0.2, 0.25) is 0 Å². The van der Waals surface area contributed by atoms with Crippen LogP contribution in [0.1, 0.15) is 50.3 Å². The van der Waals surface area contributed by atoms with Crippen LogP contribution in [0, 0.1) is 0 Å². The summed E-state index contributed by atoms with van der Waals surface area (Å²) in [4.78, 5) is 25.3. The van der Waals surface area contributed by atoms with Crippen molar-refractivity contribution in [2.75, 3.05) is 13.7 Å². The summed E-state index contributed by atoms with van der Waals surface area (Å²) < 4.78 is 37.3. The molecule has 1 amide bonds. The summed E-state index contributed by atoms with van der Waals surface area (Å²) in [7, 11) is 1.22. The molecule has 1 N–H and O–H groups in total. The number of methoxy groups -OCH3 is 1. The van der Waals surface area contributed by atoms with E-state index in [1.807, 2.05) is 0 Å². The lowest BCUT2D eigenvalue weighted by molar-refractivity contribution is -0.148. The third kappa shape index (κ3) is 7.05. The molecule has 1 aliphatic heterocycles. The van der Waals surface area contributed by atoms with Gasteiger partial charge in [0.15, 0.2) is 5.06 Å². The number of amides is 1. The molecule has 2 atom stereocenters. The van der Waals surface area contributed by atoms with Crippen molar-refractivity contribution in [1.29, 1.82) is 0 Å². The molecule has 30 heavy (non-hydrogen) atoms. The van der Waals surface area contributed by atoms with Gasteiger partial charge >= 0.3 is 12.1 Å². The summed E-state index contributed by atoms with van der Waals surface area (Å²) in [6.45, 7) is 2.25. The molecule has 0 bridgehead atoms. The van der Waals surface area contributed by atoms with Gasteiger partial charge in [-0.05, 0) is 31.4 Å². The third-order valence-corrected chi connectivity index (χ3v) is 5.93. The lowest BCUT2D eigenvalue weighted by atomic mass is 10.1. The lowest BCUT2D eigenvalue weighted by Gasteiger charge is -2.21. The van der Waals surface area contributed by atoms with Gasteiger partial charge in [-0.3, -0.25) is 4.79 Å². The van der Waals surface area contributed by atoms with E-state index in [-0.39, 0.29) is 6.54 Å².